The van der Waals surface area contributed by atoms with E-state index in [2.05, 4.69) is 353 Å². The van der Waals surface area contributed by atoms with Crippen molar-refractivity contribution in [2.75, 3.05) is 0 Å². The molecule has 0 aliphatic rings. The van der Waals surface area contributed by atoms with Crippen LogP contribution in [0.25, 0.3) is 177 Å². The maximum absolute atomic E-state index is 10.0. The van der Waals surface area contributed by atoms with E-state index in [1.807, 2.05) is 48.8 Å². The van der Waals surface area contributed by atoms with Gasteiger partial charge in [0.25, 0.3) is 0 Å². The van der Waals surface area contributed by atoms with Crippen LogP contribution in [0, 0.1) is 78.1 Å². The smallest absolute Gasteiger partial charge is 0.138 e. The third-order valence-corrected chi connectivity index (χ3v) is 22.2. The first-order chi connectivity index (χ1) is 54.6. The molecule has 0 N–H and O–H groups in total. The van der Waals surface area contributed by atoms with E-state index >= 15 is 0 Å². The lowest BCUT2D eigenvalue weighted by atomic mass is 9.99. The van der Waals surface area contributed by atoms with E-state index in [1.165, 1.54) is 121 Å². The molecule has 6 heterocycles. The maximum atomic E-state index is 10.0. The number of rotatable bonds is 10. The van der Waals surface area contributed by atoms with E-state index in [4.69, 9.17) is 9.97 Å². The summed E-state index contributed by atoms with van der Waals surface area (Å²) in [5, 5.41) is 29.5. The average molecular weight is 1440 g/mol. The summed E-state index contributed by atoms with van der Waals surface area (Å²) in [6.07, 6.45) is 4.03. The van der Waals surface area contributed by atoms with Gasteiger partial charge in [0.1, 0.15) is 11.6 Å². The van der Waals surface area contributed by atoms with Crippen LogP contribution in [0.2, 0.25) is 0 Å². The molecule has 0 spiro atoms. The molecule has 8 nitrogen and oxygen atoms in total. The Hall–Kier alpha value is -14.4. The molecule has 8 heteroatoms. The van der Waals surface area contributed by atoms with Crippen LogP contribution in [0.3, 0.4) is 0 Å². The van der Waals surface area contributed by atoms with E-state index in [9.17, 15) is 10.5 Å². The quantitative estimate of drug-likeness (QED) is 0.136. The lowest BCUT2D eigenvalue weighted by Crippen LogP contribution is -2.03. The number of benzene rings is 14. The molecule has 0 aliphatic carbocycles. The second-order valence-electron chi connectivity index (χ2n) is 30.3. The SMILES string of the molecule is Cc1cc(C)cc(-c2ccc3c(c2)c2ccccc2n3-c2cc(-c3cccc(C#N)c3)c(-n3c4ccccc4c4cc(-c5cc(C)cc(C)c5)ccc43)cn2)c1.Cc1cc(C)cc(-c2ccc3c4ccccc4n(-c4cc(-c5cccc(C#N)c5)c(-n5c6ccccc6c6ccc(-c7cc(C)cc(C)c7)cc65)cn4)c3c2)c1. The van der Waals surface area contributed by atoms with Crippen LogP contribution in [0.5, 0.6) is 0 Å². The van der Waals surface area contributed by atoms with Crippen molar-refractivity contribution in [1.82, 2.24) is 28.2 Å². The molecule has 0 radical (unpaired) electrons. The number of hydrogen-bond acceptors (Lipinski definition) is 4. The maximum Gasteiger partial charge on any atom is 0.138 e. The first kappa shape index (κ1) is 68.1. The van der Waals surface area contributed by atoms with Crippen molar-refractivity contribution in [2.45, 2.75) is 55.4 Å². The molecular weight excluding hydrogens is 1360 g/mol. The topological polar surface area (TPSA) is 93.1 Å². The zero-order chi connectivity index (χ0) is 76.2. The first-order valence-corrected chi connectivity index (χ1v) is 38.2. The molecule has 0 saturated carbocycles. The summed E-state index contributed by atoms with van der Waals surface area (Å²) in [5.41, 5.74) is 35.3. The van der Waals surface area contributed by atoms with Gasteiger partial charge in [0.05, 0.1) is 91.2 Å². The minimum atomic E-state index is 0.612. The lowest BCUT2D eigenvalue weighted by Gasteiger charge is -2.17. The molecule has 0 unspecified atom stereocenters. The highest BCUT2D eigenvalue weighted by Crippen LogP contribution is 2.45. The molecule has 0 atom stereocenters. The number of aryl methyl sites for hydroxylation is 8. The predicted molar refractivity (Wildman–Crippen MR) is 466 cm³/mol. The molecular formula is C104H76N8. The highest BCUT2D eigenvalue weighted by molar-refractivity contribution is 6.14. The Balaban J connectivity index is 0.000000151. The molecule has 0 bridgehead atoms. The van der Waals surface area contributed by atoms with Crippen molar-refractivity contribution in [2.24, 2.45) is 0 Å². The zero-order valence-electron chi connectivity index (χ0n) is 63.6. The summed E-state index contributed by atoms with van der Waals surface area (Å²) in [7, 11) is 0. The monoisotopic (exact) mass is 1440 g/mol. The van der Waals surface area contributed by atoms with E-state index < -0.39 is 0 Å². The average Bonchev–Trinajstić information content (AvgIpc) is 1.60. The van der Waals surface area contributed by atoms with Gasteiger partial charge in [0.2, 0.25) is 0 Å². The highest BCUT2D eigenvalue weighted by atomic mass is 15.1. The Morgan fingerprint density at radius 1 is 0.214 bits per heavy atom. The summed E-state index contributed by atoms with van der Waals surface area (Å²) in [6.45, 7) is 17.2. The Morgan fingerprint density at radius 2 is 0.500 bits per heavy atom. The Morgan fingerprint density at radius 3 is 0.875 bits per heavy atom. The summed E-state index contributed by atoms with van der Waals surface area (Å²) in [6, 6.07) is 113. The van der Waals surface area contributed by atoms with E-state index in [-0.39, 0.29) is 0 Å². The number of hydrogen-bond donors (Lipinski definition) is 0. The van der Waals surface area contributed by atoms with Gasteiger partial charge < -0.3 is 9.13 Å². The largest absolute Gasteiger partial charge is 0.307 e. The number of pyridine rings is 2. The van der Waals surface area contributed by atoms with E-state index in [1.54, 1.807) is 0 Å². The minimum absolute atomic E-state index is 0.612. The Bertz CT molecular complexity index is 7320. The number of fused-ring (bicyclic) bond motifs is 12. The van der Waals surface area contributed by atoms with Crippen LogP contribution in [-0.2, 0) is 0 Å². The van der Waals surface area contributed by atoms with E-state index in [0.717, 1.165) is 101 Å². The van der Waals surface area contributed by atoms with E-state index in [0.29, 0.717) is 11.1 Å². The Kier molecular flexibility index (Phi) is 16.6. The summed E-state index contributed by atoms with van der Waals surface area (Å²) < 4.78 is 9.26. The lowest BCUT2D eigenvalue weighted by molar-refractivity contribution is 1.06. The van der Waals surface area contributed by atoms with Crippen molar-refractivity contribution in [1.29, 1.82) is 10.5 Å². The third kappa shape index (κ3) is 11.9. The fraction of sp³-hybridized carbons (Fsp3) is 0.0769. The molecule has 0 fully saturated rings. The second kappa shape index (κ2) is 27.3. The van der Waals surface area contributed by atoms with Crippen molar-refractivity contribution in [3.8, 4) is 102 Å². The summed E-state index contributed by atoms with van der Waals surface area (Å²) in [5.74, 6) is 1.63. The molecule has 532 valence electrons. The molecule has 20 aromatic rings. The van der Waals surface area contributed by atoms with Crippen LogP contribution in [0.15, 0.2) is 316 Å². The zero-order valence-corrected chi connectivity index (χ0v) is 63.6. The summed E-state index contributed by atoms with van der Waals surface area (Å²) >= 11 is 0. The molecule has 0 saturated heterocycles. The Labute approximate surface area is 650 Å². The van der Waals surface area contributed by atoms with Crippen molar-refractivity contribution in [3.63, 3.8) is 0 Å². The normalized spacial score (nSPS) is 11.6. The van der Waals surface area contributed by atoms with Crippen molar-refractivity contribution < 1.29 is 0 Å². The highest BCUT2D eigenvalue weighted by Gasteiger charge is 2.25. The fourth-order valence-electron chi connectivity index (χ4n) is 17.6. The van der Waals surface area contributed by atoms with Gasteiger partial charge in [-0.3, -0.25) is 9.13 Å². The molecule has 0 amide bonds. The van der Waals surface area contributed by atoms with Gasteiger partial charge in [-0.2, -0.15) is 10.5 Å². The van der Waals surface area contributed by atoms with Gasteiger partial charge in [0, 0.05) is 54.2 Å². The number of nitriles is 2. The van der Waals surface area contributed by atoms with Crippen LogP contribution in [0.1, 0.15) is 55.6 Å². The van der Waals surface area contributed by atoms with Crippen molar-refractivity contribution >= 4 is 87.2 Å². The van der Waals surface area contributed by atoms with Gasteiger partial charge >= 0.3 is 0 Å². The van der Waals surface area contributed by atoms with Crippen LogP contribution >= 0.6 is 0 Å². The second-order valence-corrected chi connectivity index (χ2v) is 30.3. The van der Waals surface area contributed by atoms with Gasteiger partial charge in [-0.05, 0) is 208 Å². The van der Waals surface area contributed by atoms with Crippen LogP contribution < -0.4 is 0 Å². The number of aromatic nitrogens is 6. The number of nitrogens with zero attached hydrogens (tertiary/aromatic N) is 8. The summed E-state index contributed by atoms with van der Waals surface area (Å²) in [4.78, 5) is 10.6. The molecule has 6 aromatic heterocycles. The van der Waals surface area contributed by atoms with Crippen LogP contribution in [0.4, 0.5) is 0 Å². The molecule has 20 rings (SSSR count). The van der Waals surface area contributed by atoms with Crippen molar-refractivity contribution in [3.05, 3.63) is 371 Å². The predicted octanol–water partition coefficient (Wildman–Crippen LogP) is 26.8. The minimum Gasteiger partial charge on any atom is -0.307 e. The molecule has 0 aliphatic heterocycles. The molecule has 14 aromatic carbocycles. The fourth-order valence-corrected chi connectivity index (χ4v) is 17.6. The van der Waals surface area contributed by atoms with Gasteiger partial charge in [-0.25, -0.2) is 9.97 Å². The standard InChI is InChI=1S/2C52H38N4/c1-32-20-33(2)23-40(22-32)37-16-18-49-45(27-37)42-12-5-7-14-47(42)55(49)51-31-54-52(29-44(51)39-11-9-10-36(26-39)30-53)56-48-15-8-6-13-43(48)46-28-38(17-19-50(46)56)41-24-34(3)21-35(4)25-41;1-32-20-33(2)23-40(22-32)37-16-18-44-42-12-5-7-14-47(42)55(49(44)27-37)51-31-54-52(29-46(51)39-11-9-10-36(26-39)30-53)56-48-15-8-6-13-43(48)45-19-17-38(28-50(45)56)41-24-34(3)21-35(4)25-41/h2*5-29,31H,1-4H3. The van der Waals surface area contributed by atoms with Gasteiger partial charge in [-0.15, -0.1) is 0 Å². The number of para-hydroxylation sites is 4. The first-order valence-electron chi connectivity index (χ1n) is 38.2. The van der Waals surface area contributed by atoms with Gasteiger partial charge in [-0.1, -0.05) is 251 Å². The van der Waals surface area contributed by atoms with Gasteiger partial charge in [0.15, 0.2) is 0 Å². The third-order valence-electron chi connectivity index (χ3n) is 22.2. The van der Waals surface area contributed by atoms with Crippen LogP contribution in [-0.4, -0.2) is 28.2 Å². The molecule has 112 heavy (non-hydrogen) atoms.